The summed E-state index contributed by atoms with van der Waals surface area (Å²) in [7, 11) is 0. The Kier molecular flexibility index (Phi) is 6.77. The molecule has 2 unspecified atom stereocenters. The monoisotopic (exact) mass is 683 g/mol. The zero-order valence-electron chi connectivity index (χ0n) is 27.4. The van der Waals surface area contributed by atoms with Crippen LogP contribution in [0.3, 0.4) is 0 Å². The number of anilines is 1. The van der Waals surface area contributed by atoms with Crippen LogP contribution < -0.4 is 19.7 Å². The molecule has 0 radical (unpaired) electrons. The van der Waals surface area contributed by atoms with Crippen molar-refractivity contribution in [1.29, 1.82) is 0 Å². The van der Waals surface area contributed by atoms with Crippen molar-refractivity contribution in [2.24, 2.45) is 17.3 Å². The van der Waals surface area contributed by atoms with E-state index < -0.39 is 23.0 Å². The lowest BCUT2D eigenvalue weighted by Gasteiger charge is -2.40. The Balaban J connectivity index is 1.11. The summed E-state index contributed by atoms with van der Waals surface area (Å²) in [5.74, 6) is 0.704. The van der Waals surface area contributed by atoms with Crippen LogP contribution in [0, 0.1) is 47.0 Å². The Hall–Kier alpha value is -4.31. The van der Waals surface area contributed by atoms with E-state index in [1.165, 1.54) is 24.3 Å². The van der Waals surface area contributed by atoms with Crippen LogP contribution in [0.15, 0.2) is 24.3 Å². The first-order valence-electron chi connectivity index (χ1n) is 17.5. The number of nitrogens with zero attached hydrogens (tertiary/aromatic N) is 4. The second-order valence-corrected chi connectivity index (χ2v) is 15.2. The van der Waals surface area contributed by atoms with Gasteiger partial charge in [0, 0.05) is 66.5 Å². The van der Waals surface area contributed by atoms with Crippen LogP contribution in [0.2, 0.25) is 0 Å². The largest absolute Gasteiger partial charge is 0.508 e. The number of phenolic OH excluding ortho intramolecular Hbond substituents is 1. The molecule has 4 saturated heterocycles. The predicted octanol–water partition coefficient (Wildman–Crippen LogP) is 4.99. The van der Waals surface area contributed by atoms with E-state index in [4.69, 9.17) is 25.6 Å². The van der Waals surface area contributed by atoms with Crippen LogP contribution in [-0.2, 0) is 4.74 Å². The van der Waals surface area contributed by atoms with Crippen molar-refractivity contribution in [3.63, 3.8) is 0 Å². The van der Waals surface area contributed by atoms with Gasteiger partial charge in [-0.2, -0.15) is 9.97 Å². The van der Waals surface area contributed by atoms with E-state index in [2.05, 4.69) is 26.0 Å². The minimum Gasteiger partial charge on any atom is -0.508 e. The molecule has 50 heavy (non-hydrogen) atoms. The number of benzene rings is 3. The standard InChI is InChI=1S/C38H36F3N5O4/c1-2-24-26(39)5-3-19-9-23(47)10-25(29(19)24)30-32(40)34-31-35(33(30)41)49-16-28-27-6-4-22(42-27)13-46(28)36(31)44-37(43-34)50-18-38(7-8-38)17-45-11-20-14-48-15-21(20)12-45/h1,3,5,9-10,20-22,27-28,42,47H,4,6-8,11-18H2/t20?,21?,22-,27+,28-/m1/s1. The average molecular weight is 684 g/mol. The van der Waals surface area contributed by atoms with E-state index >= 15 is 13.2 Å². The molecule has 1 aromatic heterocycles. The molecular weight excluding hydrogens is 647 g/mol. The molecule has 2 bridgehead atoms. The highest BCUT2D eigenvalue weighted by molar-refractivity contribution is 6.06. The van der Waals surface area contributed by atoms with Gasteiger partial charge in [0.2, 0.25) is 0 Å². The Morgan fingerprint density at radius 1 is 1.02 bits per heavy atom. The van der Waals surface area contributed by atoms with Crippen molar-refractivity contribution < 1.29 is 32.5 Å². The number of rotatable bonds is 6. The Bertz CT molecular complexity index is 2120. The van der Waals surface area contributed by atoms with Crippen molar-refractivity contribution in [2.75, 3.05) is 57.5 Å². The molecule has 5 fully saturated rings. The molecule has 1 aliphatic carbocycles. The lowest BCUT2D eigenvalue weighted by Crippen LogP contribution is -2.60. The SMILES string of the molecule is C#Cc1c(F)ccc2cc(O)cc(-c3c(F)c4c5c(nc(OCC6(CN7CC8COCC8C7)CC6)nc5c3F)N3C[C@H]5CC[C@H](N5)[C@H]3CO4)c12. The van der Waals surface area contributed by atoms with Crippen molar-refractivity contribution in [2.45, 2.75) is 43.8 Å². The van der Waals surface area contributed by atoms with Crippen LogP contribution in [-0.4, -0.2) is 90.7 Å². The highest BCUT2D eigenvalue weighted by atomic mass is 19.1. The van der Waals surface area contributed by atoms with Crippen molar-refractivity contribution >= 4 is 27.5 Å². The summed E-state index contributed by atoms with van der Waals surface area (Å²) in [5.41, 5.74) is -1.01. The minimum absolute atomic E-state index is 0.00975. The predicted molar refractivity (Wildman–Crippen MR) is 180 cm³/mol. The maximum Gasteiger partial charge on any atom is 0.319 e. The summed E-state index contributed by atoms with van der Waals surface area (Å²) in [5, 5.41) is 14.9. The molecule has 5 atom stereocenters. The van der Waals surface area contributed by atoms with Gasteiger partial charge in [0.05, 0.1) is 42.4 Å². The number of halogens is 3. The quantitative estimate of drug-likeness (QED) is 0.273. The zero-order valence-corrected chi connectivity index (χ0v) is 27.4. The van der Waals surface area contributed by atoms with Crippen molar-refractivity contribution in [3.05, 3.63) is 47.3 Å². The average Bonchev–Trinajstić information content (AvgIpc) is 3.36. The summed E-state index contributed by atoms with van der Waals surface area (Å²) in [4.78, 5) is 14.1. The Labute approximate surface area is 286 Å². The number of nitrogens with one attached hydrogen (secondary N) is 1. The van der Waals surface area contributed by atoms with E-state index in [1.807, 2.05) is 0 Å². The van der Waals surface area contributed by atoms with Gasteiger partial charge in [-0.1, -0.05) is 12.0 Å². The van der Waals surface area contributed by atoms with Gasteiger partial charge in [-0.05, 0) is 49.3 Å². The van der Waals surface area contributed by atoms with Gasteiger partial charge in [0.15, 0.2) is 17.4 Å². The van der Waals surface area contributed by atoms with Crippen molar-refractivity contribution in [1.82, 2.24) is 20.2 Å². The first-order valence-corrected chi connectivity index (χ1v) is 17.5. The number of terminal acetylenes is 1. The normalized spacial score (nSPS) is 27.6. The number of piperazine rings is 1. The molecule has 9 nitrogen and oxygen atoms in total. The molecule has 5 aliphatic heterocycles. The van der Waals surface area contributed by atoms with Gasteiger partial charge in [-0.3, -0.25) is 0 Å². The van der Waals surface area contributed by atoms with Crippen LogP contribution >= 0.6 is 0 Å². The maximum atomic E-state index is 17.2. The van der Waals surface area contributed by atoms with Crippen LogP contribution in [0.5, 0.6) is 17.5 Å². The van der Waals surface area contributed by atoms with E-state index in [1.54, 1.807) is 0 Å². The fourth-order valence-corrected chi connectivity index (χ4v) is 9.28. The van der Waals surface area contributed by atoms with E-state index in [0.717, 1.165) is 58.5 Å². The number of fused-ring (bicyclic) bond motifs is 7. The molecule has 6 aliphatic rings. The summed E-state index contributed by atoms with van der Waals surface area (Å²) < 4.78 is 67.5. The molecule has 10 rings (SSSR count). The fraction of sp³-hybridized carbons (Fsp3) is 0.474. The lowest BCUT2D eigenvalue weighted by molar-refractivity contribution is 0.131. The van der Waals surface area contributed by atoms with Crippen LogP contribution in [0.1, 0.15) is 31.2 Å². The second-order valence-electron chi connectivity index (χ2n) is 15.2. The molecule has 0 spiro atoms. The molecule has 4 aromatic rings. The third-order valence-electron chi connectivity index (χ3n) is 12.0. The number of likely N-dealkylation sites (tertiary alicyclic amines) is 1. The summed E-state index contributed by atoms with van der Waals surface area (Å²) >= 11 is 0. The highest BCUT2D eigenvalue weighted by Crippen LogP contribution is 2.50. The lowest BCUT2D eigenvalue weighted by atomic mass is 9.92. The third kappa shape index (κ3) is 4.66. The fourth-order valence-electron chi connectivity index (χ4n) is 9.28. The highest BCUT2D eigenvalue weighted by Gasteiger charge is 2.49. The molecule has 6 heterocycles. The first-order chi connectivity index (χ1) is 24.3. The number of hydrogen-bond donors (Lipinski definition) is 2. The zero-order chi connectivity index (χ0) is 33.9. The van der Waals surface area contributed by atoms with Gasteiger partial charge < -0.3 is 34.4 Å². The molecule has 1 saturated carbocycles. The summed E-state index contributed by atoms with van der Waals surface area (Å²) in [6, 6.07) is 5.27. The third-order valence-corrected chi connectivity index (χ3v) is 12.0. The number of aromatic hydroxyl groups is 1. The van der Waals surface area contributed by atoms with Gasteiger partial charge in [0.25, 0.3) is 0 Å². The van der Waals surface area contributed by atoms with Gasteiger partial charge in [-0.25, -0.2) is 13.2 Å². The molecule has 12 heteroatoms. The number of ether oxygens (including phenoxy) is 3. The summed E-state index contributed by atoms with van der Waals surface area (Å²) in [6.45, 7) is 5.69. The van der Waals surface area contributed by atoms with E-state index in [9.17, 15) is 5.11 Å². The Morgan fingerprint density at radius 3 is 2.62 bits per heavy atom. The molecule has 2 N–H and O–H groups in total. The number of phenols is 1. The molecular formula is C38H36F3N5O4. The number of hydrogen-bond acceptors (Lipinski definition) is 9. The Morgan fingerprint density at radius 2 is 1.84 bits per heavy atom. The molecule has 3 aromatic carbocycles. The van der Waals surface area contributed by atoms with Gasteiger partial charge >= 0.3 is 6.01 Å². The van der Waals surface area contributed by atoms with Gasteiger partial charge in [0.1, 0.15) is 29.5 Å². The molecule has 258 valence electrons. The van der Waals surface area contributed by atoms with Crippen LogP contribution in [0.25, 0.3) is 32.8 Å². The van der Waals surface area contributed by atoms with Gasteiger partial charge in [-0.15, -0.1) is 6.42 Å². The maximum absolute atomic E-state index is 17.2. The van der Waals surface area contributed by atoms with E-state index in [0.29, 0.717) is 36.2 Å². The second kappa shape index (κ2) is 11.1. The minimum atomic E-state index is -0.999. The molecule has 0 amide bonds. The summed E-state index contributed by atoms with van der Waals surface area (Å²) in [6.07, 6.45) is 9.65. The smallest absolute Gasteiger partial charge is 0.319 e. The first kappa shape index (κ1) is 30.5. The van der Waals surface area contributed by atoms with Crippen LogP contribution in [0.4, 0.5) is 19.0 Å². The van der Waals surface area contributed by atoms with E-state index in [-0.39, 0.29) is 75.1 Å². The number of aromatic nitrogens is 2. The van der Waals surface area contributed by atoms with Crippen molar-refractivity contribution in [3.8, 4) is 41.0 Å². The topological polar surface area (TPSA) is 92.2 Å².